The molecule has 8 nitrogen and oxygen atoms in total. The zero-order chi connectivity index (χ0) is 21.9. The summed E-state index contributed by atoms with van der Waals surface area (Å²) in [7, 11) is 0. The first-order valence-electron chi connectivity index (χ1n) is 10.7. The number of piperazine rings is 1. The Morgan fingerprint density at radius 3 is 2.37 bits per heavy atom. The Bertz CT molecular complexity index is 741. The summed E-state index contributed by atoms with van der Waals surface area (Å²) in [5.74, 6) is 0.393. The monoisotopic (exact) mass is 417 g/mol. The molecule has 2 aliphatic rings. The van der Waals surface area contributed by atoms with Crippen LogP contribution in [0.4, 0.5) is 5.82 Å². The minimum absolute atomic E-state index is 0.0282. The van der Waals surface area contributed by atoms with Gasteiger partial charge in [0, 0.05) is 45.0 Å². The van der Waals surface area contributed by atoms with Crippen molar-refractivity contribution in [3.8, 4) is 0 Å². The molecule has 0 spiro atoms. The van der Waals surface area contributed by atoms with E-state index in [0.29, 0.717) is 12.2 Å². The average molecular weight is 418 g/mol. The lowest BCUT2D eigenvalue weighted by molar-refractivity contribution is -0.122. The molecule has 2 fully saturated rings. The second-order valence-corrected chi connectivity index (χ2v) is 9.81. The van der Waals surface area contributed by atoms with Crippen LogP contribution in [0.25, 0.3) is 0 Å². The minimum Gasteiger partial charge on any atom is -0.370 e. The first-order valence-corrected chi connectivity index (χ1v) is 10.7. The molecule has 1 aliphatic heterocycles. The number of hydrogen-bond donors (Lipinski definition) is 2. The van der Waals surface area contributed by atoms with Gasteiger partial charge in [0.1, 0.15) is 12.4 Å². The highest BCUT2D eigenvalue weighted by Crippen LogP contribution is 2.53. The molecule has 1 aromatic heterocycles. The van der Waals surface area contributed by atoms with Crippen molar-refractivity contribution in [2.45, 2.75) is 40.2 Å². The van der Waals surface area contributed by atoms with Crippen LogP contribution in [0.2, 0.25) is 0 Å². The molecule has 2 amide bonds. The molecule has 0 radical (unpaired) electrons. The lowest BCUT2D eigenvalue weighted by atomic mass is 9.52. The smallest absolute Gasteiger partial charge is 0.253 e. The molecule has 1 aliphatic carbocycles. The lowest BCUT2D eigenvalue weighted by Gasteiger charge is -2.57. The van der Waals surface area contributed by atoms with E-state index in [-0.39, 0.29) is 29.4 Å². The number of nitrogens with zero attached hydrogens (tertiary/aromatic N) is 3. The van der Waals surface area contributed by atoms with E-state index in [4.69, 9.17) is 10.5 Å². The SMILES string of the molecule is CC1(C)CC(C)(C)C1NC(=O)c1ccc(N2CCN(CCOCC(N)=O)CC2)nc1. The Morgan fingerprint density at radius 1 is 1.17 bits per heavy atom. The van der Waals surface area contributed by atoms with Gasteiger partial charge in [0.2, 0.25) is 5.91 Å². The molecule has 1 saturated heterocycles. The molecule has 1 saturated carbocycles. The minimum atomic E-state index is -0.442. The van der Waals surface area contributed by atoms with Crippen LogP contribution in [0.1, 0.15) is 44.5 Å². The zero-order valence-corrected chi connectivity index (χ0v) is 18.6. The number of primary amides is 1. The summed E-state index contributed by atoms with van der Waals surface area (Å²) in [4.78, 5) is 32.5. The van der Waals surface area contributed by atoms with Gasteiger partial charge in [0.05, 0.1) is 12.2 Å². The van der Waals surface area contributed by atoms with Crippen molar-refractivity contribution in [2.24, 2.45) is 16.6 Å². The highest BCUT2D eigenvalue weighted by atomic mass is 16.5. The molecular weight excluding hydrogens is 382 g/mol. The van der Waals surface area contributed by atoms with Crippen LogP contribution in [0.5, 0.6) is 0 Å². The van der Waals surface area contributed by atoms with Crippen molar-refractivity contribution < 1.29 is 14.3 Å². The lowest BCUT2D eigenvalue weighted by Crippen LogP contribution is -2.63. The molecule has 166 valence electrons. The Morgan fingerprint density at radius 2 is 1.83 bits per heavy atom. The predicted octanol–water partition coefficient (Wildman–Crippen LogP) is 1.26. The topological polar surface area (TPSA) is 101 Å². The zero-order valence-electron chi connectivity index (χ0n) is 18.6. The third-order valence-corrected chi connectivity index (χ3v) is 6.25. The van der Waals surface area contributed by atoms with Crippen molar-refractivity contribution in [2.75, 3.05) is 50.8 Å². The number of anilines is 1. The van der Waals surface area contributed by atoms with Crippen molar-refractivity contribution >= 4 is 17.6 Å². The summed E-state index contributed by atoms with van der Waals surface area (Å²) in [6, 6.07) is 3.95. The van der Waals surface area contributed by atoms with Gasteiger partial charge in [-0.2, -0.15) is 0 Å². The van der Waals surface area contributed by atoms with Crippen LogP contribution in [-0.4, -0.2) is 73.7 Å². The van der Waals surface area contributed by atoms with Crippen molar-refractivity contribution in [3.05, 3.63) is 23.9 Å². The maximum Gasteiger partial charge on any atom is 0.253 e. The van der Waals surface area contributed by atoms with Gasteiger partial charge >= 0.3 is 0 Å². The van der Waals surface area contributed by atoms with Gasteiger partial charge in [-0.15, -0.1) is 0 Å². The molecule has 1 aromatic rings. The maximum absolute atomic E-state index is 12.7. The summed E-state index contributed by atoms with van der Waals surface area (Å²) < 4.78 is 5.23. The van der Waals surface area contributed by atoms with Crippen LogP contribution >= 0.6 is 0 Å². The summed E-state index contributed by atoms with van der Waals surface area (Å²) in [6.45, 7) is 13.6. The number of ether oxygens (including phenoxy) is 1. The summed E-state index contributed by atoms with van der Waals surface area (Å²) in [5.41, 5.74) is 5.91. The van der Waals surface area contributed by atoms with E-state index < -0.39 is 5.91 Å². The van der Waals surface area contributed by atoms with Crippen molar-refractivity contribution in [3.63, 3.8) is 0 Å². The first kappa shape index (κ1) is 22.5. The Labute approximate surface area is 179 Å². The molecule has 0 bridgehead atoms. The number of nitrogens with two attached hydrogens (primary N) is 1. The van der Waals surface area contributed by atoms with Gasteiger partial charge in [-0.3, -0.25) is 14.5 Å². The van der Waals surface area contributed by atoms with Crippen LogP contribution in [0.3, 0.4) is 0 Å². The molecule has 30 heavy (non-hydrogen) atoms. The maximum atomic E-state index is 12.7. The number of rotatable bonds is 8. The molecule has 3 rings (SSSR count). The highest BCUT2D eigenvalue weighted by Gasteiger charge is 2.53. The van der Waals surface area contributed by atoms with Crippen LogP contribution in [-0.2, 0) is 9.53 Å². The van der Waals surface area contributed by atoms with E-state index in [1.54, 1.807) is 6.20 Å². The number of nitrogens with one attached hydrogen (secondary N) is 1. The number of carbonyl (C=O) groups is 2. The molecule has 0 aromatic carbocycles. The second kappa shape index (κ2) is 8.89. The van der Waals surface area contributed by atoms with Gasteiger partial charge in [-0.1, -0.05) is 27.7 Å². The fraction of sp³-hybridized carbons (Fsp3) is 0.682. The third-order valence-electron chi connectivity index (χ3n) is 6.25. The summed E-state index contributed by atoms with van der Waals surface area (Å²) in [6.07, 6.45) is 2.78. The number of hydrogen-bond acceptors (Lipinski definition) is 6. The molecule has 2 heterocycles. The summed E-state index contributed by atoms with van der Waals surface area (Å²) in [5, 5.41) is 3.21. The van der Waals surface area contributed by atoms with Crippen LogP contribution in [0, 0.1) is 10.8 Å². The largest absolute Gasteiger partial charge is 0.370 e. The van der Waals surface area contributed by atoms with Crippen molar-refractivity contribution in [1.29, 1.82) is 0 Å². The molecular formula is C22H35N5O3. The Balaban J connectivity index is 1.47. The summed E-state index contributed by atoms with van der Waals surface area (Å²) >= 11 is 0. The number of pyridine rings is 1. The molecule has 3 N–H and O–H groups in total. The van der Waals surface area contributed by atoms with E-state index >= 15 is 0 Å². The normalized spacial score (nSPS) is 21.1. The highest BCUT2D eigenvalue weighted by molar-refractivity contribution is 5.94. The van der Waals surface area contributed by atoms with Crippen LogP contribution < -0.4 is 16.0 Å². The standard InChI is InChI=1S/C22H35N5O3/c1-21(2)15-22(3,4)20(21)25-19(29)16-5-6-18(24-13-16)27-9-7-26(8-10-27)11-12-30-14-17(23)28/h5-6,13,20H,7-12,14-15H2,1-4H3,(H2,23,28)(H,25,29). The van der Waals surface area contributed by atoms with E-state index in [9.17, 15) is 9.59 Å². The van der Waals surface area contributed by atoms with E-state index in [0.717, 1.165) is 45.0 Å². The Kier molecular flexibility index (Phi) is 6.67. The number of amides is 2. The van der Waals surface area contributed by atoms with Gasteiger partial charge in [-0.25, -0.2) is 4.98 Å². The number of aromatic nitrogens is 1. The van der Waals surface area contributed by atoms with Crippen molar-refractivity contribution in [1.82, 2.24) is 15.2 Å². The molecule has 0 unspecified atom stereocenters. The molecule has 8 heteroatoms. The van der Waals surface area contributed by atoms with E-state index in [2.05, 4.69) is 47.8 Å². The fourth-order valence-corrected chi connectivity index (χ4v) is 5.18. The number of carbonyl (C=O) groups excluding carboxylic acids is 2. The van der Waals surface area contributed by atoms with Crippen LogP contribution in [0.15, 0.2) is 18.3 Å². The van der Waals surface area contributed by atoms with E-state index in [1.807, 2.05) is 12.1 Å². The average Bonchev–Trinajstić information content (AvgIpc) is 2.69. The Hall–Kier alpha value is -2.19. The van der Waals surface area contributed by atoms with Gasteiger partial charge in [0.15, 0.2) is 0 Å². The fourth-order valence-electron chi connectivity index (χ4n) is 5.18. The van der Waals surface area contributed by atoms with Gasteiger partial charge < -0.3 is 20.7 Å². The molecule has 0 atom stereocenters. The van der Waals surface area contributed by atoms with Gasteiger partial charge in [-0.05, 0) is 29.4 Å². The predicted molar refractivity (Wildman–Crippen MR) is 116 cm³/mol. The quantitative estimate of drug-likeness (QED) is 0.618. The first-order chi connectivity index (χ1) is 14.1. The van der Waals surface area contributed by atoms with Gasteiger partial charge in [0.25, 0.3) is 5.91 Å². The van der Waals surface area contributed by atoms with E-state index in [1.165, 1.54) is 0 Å². The second-order valence-electron chi connectivity index (χ2n) is 9.81. The third kappa shape index (κ3) is 5.29.